The van der Waals surface area contributed by atoms with Gasteiger partial charge < -0.3 is 5.11 Å². The maximum atomic E-state index is 9.46. The van der Waals surface area contributed by atoms with Gasteiger partial charge in [-0.25, -0.2) is 9.67 Å². The van der Waals surface area contributed by atoms with Gasteiger partial charge in [0, 0.05) is 21.6 Å². The Morgan fingerprint density at radius 2 is 1.82 bits per heavy atom. The van der Waals surface area contributed by atoms with E-state index < -0.39 is 0 Å². The third-order valence-corrected chi connectivity index (χ3v) is 5.26. The number of benzene rings is 2. The third kappa shape index (κ3) is 4.27. The van der Waals surface area contributed by atoms with Gasteiger partial charge in [0.25, 0.3) is 0 Å². The summed E-state index contributed by atoms with van der Waals surface area (Å²) in [7, 11) is 0. The highest BCUT2D eigenvalue weighted by molar-refractivity contribution is 9.10. The number of thiazole rings is 1. The minimum absolute atomic E-state index is 0.225. The van der Waals surface area contributed by atoms with E-state index in [2.05, 4.69) is 31.0 Å². The van der Waals surface area contributed by atoms with Crippen LogP contribution in [0.3, 0.4) is 0 Å². The topological polar surface area (TPSA) is 62.8 Å². The molecule has 0 unspecified atom stereocenters. The summed E-state index contributed by atoms with van der Waals surface area (Å²) in [5.74, 6) is 0.225. The minimum atomic E-state index is 0.225. The van der Waals surface area contributed by atoms with Crippen LogP contribution < -0.4 is 4.80 Å². The predicted octanol–water partition coefficient (Wildman–Crippen LogP) is 5.19. The van der Waals surface area contributed by atoms with Crippen molar-refractivity contribution in [2.75, 3.05) is 0 Å². The monoisotopic (exact) mass is 450 g/mol. The number of pyridine rings is 1. The van der Waals surface area contributed by atoms with Crippen LogP contribution in [0.5, 0.6) is 5.75 Å². The second-order valence-corrected chi connectivity index (χ2v) is 7.63. The van der Waals surface area contributed by atoms with E-state index in [0.717, 1.165) is 31.8 Å². The van der Waals surface area contributed by atoms with Crippen LogP contribution in [0.4, 0.5) is 5.69 Å². The van der Waals surface area contributed by atoms with Crippen molar-refractivity contribution in [3.8, 4) is 17.0 Å². The van der Waals surface area contributed by atoms with E-state index in [0.29, 0.717) is 0 Å². The quantitative estimate of drug-likeness (QED) is 0.434. The molecule has 0 atom stereocenters. The molecule has 0 amide bonds. The first-order valence-electron chi connectivity index (χ1n) is 8.44. The molecule has 28 heavy (non-hydrogen) atoms. The van der Waals surface area contributed by atoms with E-state index in [1.165, 1.54) is 11.3 Å². The molecule has 0 aliphatic heterocycles. The summed E-state index contributed by atoms with van der Waals surface area (Å²) < 4.78 is 2.83. The second kappa shape index (κ2) is 8.33. The number of aromatic nitrogens is 2. The molecule has 4 aromatic rings. The van der Waals surface area contributed by atoms with Gasteiger partial charge in [-0.2, -0.15) is 5.10 Å². The molecule has 7 heteroatoms. The molecule has 138 valence electrons. The van der Waals surface area contributed by atoms with Gasteiger partial charge in [-0.1, -0.05) is 28.1 Å². The average molecular weight is 451 g/mol. The third-order valence-electron chi connectivity index (χ3n) is 3.91. The van der Waals surface area contributed by atoms with Crippen LogP contribution in [0.2, 0.25) is 0 Å². The van der Waals surface area contributed by atoms with Crippen LogP contribution in [0.1, 0.15) is 5.56 Å². The zero-order valence-electron chi connectivity index (χ0n) is 14.6. The summed E-state index contributed by atoms with van der Waals surface area (Å²) in [6, 6.07) is 18.7. The molecular formula is C21H15BrN4OS. The second-order valence-electron chi connectivity index (χ2n) is 5.88. The number of hydrogen-bond acceptors (Lipinski definition) is 5. The van der Waals surface area contributed by atoms with Crippen LogP contribution in [-0.4, -0.2) is 21.0 Å². The standard InChI is InChI=1S/C21H15BrN4OS/c22-17-7-5-16(6-8-17)20-14-28-21(25-18-2-1-11-23-13-18)26(20)24-12-15-3-9-19(27)10-4-15/h1-14,27H. The molecule has 2 aromatic carbocycles. The van der Waals surface area contributed by atoms with E-state index in [1.807, 2.05) is 58.6 Å². The maximum Gasteiger partial charge on any atom is 0.211 e. The number of phenolic OH excluding ortho intramolecular Hbond substituents is 1. The number of aromatic hydroxyl groups is 1. The van der Waals surface area contributed by atoms with Crippen LogP contribution in [0.25, 0.3) is 11.3 Å². The molecule has 0 aliphatic rings. The van der Waals surface area contributed by atoms with Crippen molar-refractivity contribution >= 4 is 39.2 Å². The van der Waals surface area contributed by atoms with Crippen LogP contribution in [0.15, 0.2) is 93.0 Å². The fourth-order valence-corrected chi connectivity index (χ4v) is 3.64. The Labute approximate surface area is 174 Å². The minimum Gasteiger partial charge on any atom is -0.508 e. The van der Waals surface area contributed by atoms with Gasteiger partial charge in [0.15, 0.2) is 0 Å². The van der Waals surface area contributed by atoms with Crippen molar-refractivity contribution in [1.82, 2.24) is 9.66 Å². The highest BCUT2D eigenvalue weighted by Gasteiger charge is 2.08. The maximum absolute atomic E-state index is 9.46. The lowest BCUT2D eigenvalue weighted by Gasteiger charge is -2.04. The highest BCUT2D eigenvalue weighted by Crippen LogP contribution is 2.23. The molecule has 0 saturated carbocycles. The van der Waals surface area contributed by atoms with Gasteiger partial charge in [-0.15, -0.1) is 11.3 Å². The van der Waals surface area contributed by atoms with Gasteiger partial charge in [0.2, 0.25) is 4.80 Å². The average Bonchev–Trinajstić information content (AvgIpc) is 3.11. The lowest BCUT2D eigenvalue weighted by Crippen LogP contribution is -2.11. The molecule has 0 fully saturated rings. The Bertz CT molecular complexity index is 1160. The molecule has 0 radical (unpaired) electrons. The van der Waals surface area contributed by atoms with E-state index >= 15 is 0 Å². The van der Waals surface area contributed by atoms with Gasteiger partial charge >= 0.3 is 0 Å². The summed E-state index contributed by atoms with van der Waals surface area (Å²) in [6.07, 6.45) is 5.18. The Morgan fingerprint density at radius 3 is 2.54 bits per heavy atom. The van der Waals surface area contributed by atoms with Gasteiger partial charge in [0.1, 0.15) is 5.75 Å². The van der Waals surface area contributed by atoms with Crippen molar-refractivity contribution < 1.29 is 5.11 Å². The Morgan fingerprint density at radius 1 is 1.04 bits per heavy atom. The molecule has 0 aliphatic carbocycles. The molecule has 4 rings (SSSR count). The summed E-state index contributed by atoms with van der Waals surface area (Å²) in [5, 5.41) is 16.1. The number of hydrogen-bond donors (Lipinski definition) is 1. The van der Waals surface area contributed by atoms with Crippen molar-refractivity contribution in [3.63, 3.8) is 0 Å². The normalized spacial score (nSPS) is 12.0. The smallest absolute Gasteiger partial charge is 0.211 e. The van der Waals surface area contributed by atoms with Gasteiger partial charge in [-0.05, 0) is 54.1 Å². The molecule has 2 heterocycles. The molecular weight excluding hydrogens is 436 g/mol. The Hall–Kier alpha value is -3.03. The Kier molecular flexibility index (Phi) is 5.45. The van der Waals surface area contributed by atoms with Crippen molar-refractivity contribution in [2.45, 2.75) is 0 Å². The van der Waals surface area contributed by atoms with E-state index in [-0.39, 0.29) is 5.75 Å². The molecule has 0 saturated heterocycles. The number of phenols is 1. The molecule has 2 aromatic heterocycles. The summed E-state index contributed by atoms with van der Waals surface area (Å²) in [6.45, 7) is 0. The van der Waals surface area contributed by atoms with Crippen LogP contribution >= 0.6 is 27.3 Å². The zero-order chi connectivity index (χ0) is 19.3. The van der Waals surface area contributed by atoms with Gasteiger partial charge in [0.05, 0.1) is 23.8 Å². The summed E-state index contributed by atoms with van der Waals surface area (Å²) >= 11 is 4.98. The number of halogens is 1. The van der Waals surface area contributed by atoms with Crippen LogP contribution in [-0.2, 0) is 0 Å². The first-order valence-corrected chi connectivity index (χ1v) is 10.1. The fourth-order valence-electron chi connectivity index (χ4n) is 2.52. The van der Waals surface area contributed by atoms with E-state index in [4.69, 9.17) is 0 Å². The lowest BCUT2D eigenvalue weighted by molar-refractivity contribution is 0.475. The summed E-state index contributed by atoms with van der Waals surface area (Å²) in [4.78, 5) is 9.55. The molecule has 5 nitrogen and oxygen atoms in total. The molecule has 0 bridgehead atoms. The zero-order valence-corrected chi connectivity index (χ0v) is 17.0. The first kappa shape index (κ1) is 18.3. The van der Waals surface area contributed by atoms with Crippen molar-refractivity contribution in [3.05, 3.63) is 93.3 Å². The molecule has 0 spiro atoms. The SMILES string of the molecule is Oc1ccc(C=Nn2c(-c3ccc(Br)cc3)csc2=Nc2cccnc2)cc1. The largest absolute Gasteiger partial charge is 0.508 e. The first-order chi connectivity index (χ1) is 13.7. The number of nitrogens with zero attached hydrogens (tertiary/aromatic N) is 4. The Balaban J connectivity index is 1.82. The van der Waals surface area contributed by atoms with Crippen molar-refractivity contribution in [1.29, 1.82) is 0 Å². The highest BCUT2D eigenvalue weighted by atomic mass is 79.9. The van der Waals surface area contributed by atoms with Crippen molar-refractivity contribution in [2.24, 2.45) is 10.1 Å². The molecule has 1 N–H and O–H groups in total. The predicted molar refractivity (Wildman–Crippen MR) is 116 cm³/mol. The van der Waals surface area contributed by atoms with Crippen LogP contribution in [0, 0.1) is 0 Å². The fraction of sp³-hybridized carbons (Fsp3) is 0. The van der Waals surface area contributed by atoms with E-state index in [1.54, 1.807) is 30.7 Å². The van der Waals surface area contributed by atoms with E-state index in [9.17, 15) is 5.11 Å². The van der Waals surface area contributed by atoms with Gasteiger partial charge in [-0.3, -0.25) is 4.98 Å². The summed E-state index contributed by atoms with van der Waals surface area (Å²) in [5.41, 5.74) is 3.62. The lowest BCUT2D eigenvalue weighted by atomic mass is 10.2. The number of rotatable bonds is 4.